The molecule has 1 aromatic carbocycles. The summed E-state index contributed by atoms with van der Waals surface area (Å²) < 4.78 is 0.686. The van der Waals surface area contributed by atoms with Crippen LogP contribution in [0.25, 0.3) is 11.3 Å². The number of carbonyl (C=O) groups is 1. The van der Waals surface area contributed by atoms with Crippen LogP contribution in [-0.2, 0) is 0 Å². The molecule has 0 atom stereocenters. The van der Waals surface area contributed by atoms with E-state index in [0.717, 1.165) is 35.6 Å². The van der Waals surface area contributed by atoms with E-state index >= 15 is 0 Å². The zero-order valence-electron chi connectivity index (χ0n) is 16.4. The van der Waals surface area contributed by atoms with Crippen molar-refractivity contribution in [3.05, 3.63) is 64.4 Å². The Kier molecular flexibility index (Phi) is 5.49. The number of nitrogens with zero attached hydrogens (tertiary/aromatic N) is 3. The Morgan fingerprint density at radius 1 is 1.14 bits per heavy atom. The smallest absolute Gasteiger partial charge is 0.327 e. The Morgan fingerprint density at radius 2 is 2.00 bits per heavy atom. The average molecular weight is 452 g/mol. The van der Waals surface area contributed by atoms with E-state index in [2.05, 4.69) is 50.6 Å². The summed E-state index contributed by atoms with van der Waals surface area (Å²) in [4.78, 5) is 24.0. The number of aryl methyl sites for hydroxylation is 2. The van der Waals surface area contributed by atoms with Crippen LogP contribution in [0, 0.1) is 13.8 Å². The lowest BCUT2D eigenvalue weighted by atomic mass is 10.1. The van der Waals surface area contributed by atoms with Crippen molar-refractivity contribution in [2.75, 3.05) is 28.6 Å². The zero-order chi connectivity index (χ0) is 20.4. The molecule has 0 aliphatic carbocycles. The monoisotopic (exact) mass is 451 g/mol. The Morgan fingerprint density at radius 3 is 2.79 bits per heavy atom. The van der Waals surface area contributed by atoms with E-state index in [1.807, 2.05) is 37.3 Å². The van der Waals surface area contributed by atoms with Gasteiger partial charge in [-0.25, -0.2) is 14.8 Å². The number of nitrogens with one attached hydrogen (secondary N) is 2. The lowest BCUT2D eigenvalue weighted by molar-refractivity contribution is 0.257. The van der Waals surface area contributed by atoms with Crippen LogP contribution in [0.4, 0.5) is 22.0 Å². The SMILES string of the molecule is Cc1cccc(-c2ccc3c(n2)N(C(=O)Nc2cc(C)nc(Br)c2)CCCN3)c1. The third kappa shape index (κ3) is 4.40. The fourth-order valence-corrected chi connectivity index (χ4v) is 3.94. The Bertz CT molecular complexity index is 1050. The van der Waals surface area contributed by atoms with Crippen molar-refractivity contribution in [3.8, 4) is 11.3 Å². The number of fused-ring (bicyclic) bond motifs is 1. The van der Waals surface area contributed by atoms with Crippen LogP contribution in [0.15, 0.2) is 53.1 Å². The van der Waals surface area contributed by atoms with Crippen LogP contribution in [-0.4, -0.2) is 29.1 Å². The standard InChI is InChI=1S/C22H22BrN5O/c1-14-5-3-6-16(11-14)18-7-8-19-21(27-18)28(10-4-9-24-19)22(29)26-17-12-15(2)25-20(23)13-17/h3,5-8,11-13,24H,4,9-10H2,1-2H3,(H,25,26,29). The van der Waals surface area contributed by atoms with Gasteiger partial charge in [0.1, 0.15) is 4.60 Å². The maximum absolute atomic E-state index is 13.1. The molecule has 6 nitrogen and oxygen atoms in total. The molecule has 3 aromatic rings. The highest BCUT2D eigenvalue weighted by Gasteiger charge is 2.23. The topological polar surface area (TPSA) is 70.2 Å². The molecule has 0 bridgehead atoms. The van der Waals surface area contributed by atoms with Gasteiger partial charge in [-0.2, -0.15) is 0 Å². The van der Waals surface area contributed by atoms with E-state index in [1.54, 1.807) is 11.0 Å². The van der Waals surface area contributed by atoms with Crippen molar-refractivity contribution in [2.45, 2.75) is 20.3 Å². The Balaban J connectivity index is 1.68. The number of halogens is 1. The second-order valence-corrected chi connectivity index (χ2v) is 7.93. The quantitative estimate of drug-likeness (QED) is 0.513. The molecule has 0 unspecified atom stereocenters. The van der Waals surface area contributed by atoms with Crippen molar-refractivity contribution >= 4 is 39.2 Å². The summed E-state index contributed by atoms with van der Waals surface area (Å²) in [5, 5.41) is 6.36. The van der Waals surface area contributed by atoms with Gasteiger partial charge in [-0.05, 0) is 66.5 Å². The van der Waals surface area contributed by atoms with Crippen molar-refractivity contribution < 1.29 is 4.79 Å². The summed E-state index contributed by atoms with van der Waals surface area (Å²) in [6, 6.07) is 15.6. The van der Waals surface area contributed by atoms with Crippen molar-refractivity contribution in [3.63, 3.8) is 0 Å². The predicted octanol–water partition coefficient (Wildman–Crippen LogP) is 5.38. The largest absolute Gasteiger partial charge is 0.382 e. The van der Waals surface area contributed by atoms with Gasteiger partial charge >= 0.3 is 6.03 Å². The number of rotatable bonds is 2. The molecule has 2 amide bonds. The molecule has 0 saturated heterocycles. The normalized spacial score (nSPS) is 13.3. The van der Waals surface area contributed by atoms with Gasteiger partial charge in [-0.15, -0.1) is 0 Å². The molecule has 7 heteroatoms. The number of benzene rings is 1. The van der Waals surface area contributed by atoms with Crippen molar-refractivity contribution in [1.29, 1.82) is 0 Å². The number of pyridine rings is 2. The number of amides is 2. The average Bonchev–Trinajstić information content (AvgIpc) is 2.89. The molecule has 1 aliphatic heterocycles. The first-order chi connectivity index (χ1) is 14.0. The molecule has 148 valence electrons. The number of hydrogen-bond acceptors (Lipinski definition) is 4. The van der Waals surface area contributed by atoms with Gasteiger partial charge in [0.2, 0.25) is 0 Å². The maximum Gasteiger partial charge on any atom is 0.327 e. The lowest BCUT2D eigenvalue weighted by Gasteiger charge is -2.22. The van der Waals surface area contributed by atoms with E-state index in [4.69, 9.17) is 4.98 Å². The first kappa shape index (κ1) is 19.4. The van der Waals surface area contributed by atoms with Gasteiger partial charge in [0.15, 0.2) is 5.82 Å². The molecular weight excluding hydrogens is 430 g/mol. The second-order valence-electron chi connectivity index (χ2n) is 7.12. The summed E-state index contributed by atoms with van der Waals surface area (Å²) in [6.45, 7) is 5.33. The van der Waals surface area contributed by atoms with Crippen LogP contribution >= 0.6 is 15.9 Å². The maximum atomic E-state index is 13.1. The Labute approximate surface area is 178 Å². The Hall–Kier alpha value is -2.93. The van der Waals surface area contributed by atoms with Crippen molar-refractivity contribution in [1.82, 2.24) is 9.97 Å². The first-order valence-corrected chi connectivity index (χ1v) is 10.3. The molecule has 2 aromatic heterocycles. The highest BCUT2D eigenvalue weighted by atomic mass is 79.9. The summed E-state index contributed by atoms with van der Waals surface area (Å²) in [7, 11) is 0. The van der Waals surface area contributed by atoms with Gasteiger partial charge in [0.05, 0.1) is 11.4 Å². The number of anilines is 3. The van der Waals surface area contributed by atoms with Gasteiger partial charge in [-0.3, -0.25) is 4.90 Å². The van der Waals surface area contributed by atoms with Gasteiger partial charge in [0, 0.05) is 30.0 Å². The minimum Gasteiger partial charge on any atom is -0.382 e. The minimum atomic E-state index is -0.207. The number of urea groups is 1. The van der Waals surface area contributed by atoms with E-state index in [9.17, 15) is 4.79 Å². The summed E-state index contributed by atoms with van der Waals surface area (Å²) in [5.41, 5.74) is 5.43. The number of carbonyl (C=O) groups excluding carboxylic acids is 1. The third-order valence-electron chi connectivity index (χ3n) is 4.74. The molecule has 0 saturated carbocycles. The summed E-state index contributed by atoms with van der Waals surface area (Å²) >= 11 is 3.38. The number of hydrogen-bond donors (Lipinski definition) is 2. The van der Waals surface area contributed by atoms with Crippen molar-refractivity contribution in [2.24, 2.45) is 0 Å². The highest BCUT2D eigenvalue weighted by molar-refractivity contribution is 9.10. The molecule has 2 N–H and O–H groups in total. The zero-order valence-corrected chi connectivity index (χ0v) is 18.0. The summed E-state index contributed by atoms with van der Waals surface area (Å²) in [6.07, 6.45) is 0.836. The van der Waals surface area contributed by atoms with Gasteiger partial charge in [0.25, 0.3) is 0 Å². The fraction of sp³-hybridized carbons (Fsp3) is 0.227. The van der Waals surface area contributed by atoms with Crippen LogP contribution in [0.2, 0.25) is 0 Å². The van der Waals surface area contributed by atoms with Crippen LogP contribution in [0.3, 0.4) is 0 Å². The molecule has 0 spiro atoms. The summed E-state index contributed by atoms with van der Waals surface area (Å²) in [5.74, 6) is 0.642. The first-order valence-electron chi connectivity index (χ1n) is 9.54. The lowest BCUT2D eigenvalue weighted by Crippen LogP contribution is -2.36. The molecule has 29 heavy (non-hydrogen) atoms. The molecule has 0 radical (unpaired) electrons. The van der Waals surface area contributed by atoms with E-state index in [1.165, 1.54) is 5.56 Å². The fourth-order valence-electron chi connectivity index (χ4n) is 3.41. The predicted molar refractivity (Wildman–Crippen MR) is 121 cm³/mol. The number of aromatic nitrogens is 2. The van der Waals surface area contributed by atoms with Crippen LogP contribution in [0.1, 0.15) is 17.7 Å². The van der Waals surface area contributed by atoms with Gasteiger partial charge in [-0.1, -0.05) is 23.8 Å². The van der Waals surface area contributed by atoms with Gasteiger partial charge < -0.3 is 10.6 Å². The molecule has 4 rings (SSSR count). The van der Waals surface area contributed by atoms with E-state index in [-0.39, 0.29) is 6.03 Å². The minimum absolute atomic E-state index is 0.207. The van der Waals surface area contributed by atoms with E-state index < -0.39 is 0 Å². The van der Waals surface area contributed by atoms with Crippen LogP contribution < -0.4 is 15.5 Å². The molecule has 3 heterocycles. The molecule has 1 aliphatic rings. The highest BCUT2D eigenvalue weighted by Crippen LogP contribution is 2.31. The molecule has 0 fully saturated rings. The van der Waals surface area contributed by atoms with Crippen LogP contribution in [0.5, 0.6) is 0 Å². The van der Waals surface area contributed by atoms with E-state index in [0.29, 0.717) is 22.7 Å². The second kappa shape index (κ2) is 8.21. The molecular formula is C22H22BrN5O. The third-order valence-corrected chi connectivity index (χ3v) is 5.14.